The van der Waals surface area contributed by atoms with E-state index in [0.717, 1.165) is 25.3 Å². The summed E-state index contributed by atoms with van der Waals surface area (Å²) in [5.74, 6) is 2.37. The Labute approximate surface area is 107 Å². The zero-order chi connectivity index (χ0) is 12.8. The van der Waals surface area contributed by atoms with E-state index < -0.39 is 0 Å². The molecule has 0 atom stereocenters. The molecular formula is C14H17N3O. The van der Waals surface area contributed by atoms with Gasteiger partial charge in [0.2, 0.25) is 5.91 Å². The molecule has 0 spiro atoms. The van der Waals surface area contributed by atoms with Crippen molar-refractivity contribution < 1.29 is 4.79 Å². The quantitative estimate of drug-likeness (QED) is 0.753. The molecule has 0 unspecified atom stereocenters. The number of carbonyl (C=O) groups excluding carboxylic acids is 1. The van der Waals surface area contributed by atoms with Crippen LogP contribution in [0, 0.1) is 12.3 Å². The monoisotopic (exact) mass is 243 g/mol. The van der Waals surface area contributed by atoms with Crippen LogP contribution in [-0.2, 0) is 11.3 Å². The van der Waals surface area contributed by atoms with Gasteiger partial charge in [-0.2, -0.15) is 0 Å². The van der Waals surface area contributed by atoms with Gasteiger partial charge in [-0.25, -0.2) is 0 Å². The summed E-state index contributed by atoms with van der Waals surface area (Å²) in [6, 6.07) is 8.15. The minimum atomic E-state index is -0.0374. The highest BCUT2D eigenvalue weighted by Crippen LogP contribution is 2.21. The summed E-state index contributed by atoms with van der Waals surface area (Å²) in [6.07, 6.45) is 5.12. The molecule has 1 aromatic carbocycles. The van der Waals surface area contributed by atoms with Gasteiger partial charge < -0.3 is 15.5 Å². The Morgan fingerprint density at radius 2 is 2.33 bits per heavy atom. The number of para-hydroxylation sites is 1. The molecule has 94 valence electrons. The summed E-state index contributed by atoms with van der Waals surface area (Å²) >= 11 is 0. The highest BCUT2D eigenvalue weighted by molar-refractivity contribution is 5.82. The van der Waals surface area contributed by atoms with Gasteiger partial charge in [0, 0.05) is 25.3 Å². The van der Waals surface area contributed by atoms with Gasteiger partial charge in [-0.05, 0) is 11.6 Å². The van der Waals surface area contributed by atoms with Gasteiger partial charge in [0.25, 0.3) is 0 Å². The molecule has 18 heavy (non-hydrogen) atoms. The predicted molar refractivity (Wildman–Crippen MR) is 72.2 cm³/mol. The topological polar surface area (TPSA) is 44.4 Å². The molecule has 0 fully saturated rings. The lowest BCUT2D eigenvalue weighted by Crippen LogP contribution is -2.39. The van der Waals surface area contributed by atoms with E-state index in [0.29, 0.717) is 6.54 Å². The van der Waals surface area contributed by atoms with Crippen molar-refractivity contribution >= 4 is 11.6 Å². The Kier molecular flexibility index (Phi) is 4.21. The number of amides is 1. The Balaban J connectivity index is 2.08. The largest absolute Gasteiger partial charge is 0.361 e. The fraction of sp³-hybridized carbons (Fsp3) is 0.357. The summed E-state index contributed by atoms with van der Waals surface area (Å²) in [5, 5.41) is 6.04. The van der Waals surface area contributed by atoms with Crippen LogP contribution in [0.15, 0.2) is 24.3 Å². The molecule has 2 N–H and O–H groups in total. The van der Waals surface area contributed by atoms with E-state index in [1.165, 1.54) is 5.56 Å². The lowest BCUT2D eigenvalue weighted by molar-refractivity contribution is -0.119. The Hall–Kier alpha value is -1.99. The average molecular weight is 243 g/mol. The van der Waals surface area contributed by atoms with Gasteiger partial charge in [-0.1, -0.05) is 24.1 Å². The Morgan fingerprint density at radius 1 is 1.50 bits per heavy atom. The number of nitrogens with zero attached hydrogens (tertiary/aromatic N) is 1. The zero-order valence-corrected chi connectivity index (χ0v) is 10.3. The van der Waals surface area contributed by atoms with Crippen molar-refractivity contribution in [3.8, 4) is 12.3 Å². The average Bonchev–Trinajstić information content (AvgIpc) is 2.59. The van der Waals surface area contributed by atoms with E-state index in [-0.39, 0.29) is 12.5 Å². The van der Waals surface area contributed by atoms with E-state index >= 15 is 0 Å². The maximum atomic E-state index is 11.7. The lowest BCUT2D eigenvalue weighted by atomic mass is 10.1. The maximum Gasteiger partial charge on any atom is 0.240 e. The number of anilines is 1. The molecular weight excluding hydrogens is 226 g/mol. The van der Waals surface area contributed by atoms with Crippen LogP contribution in [0.3, 0.4) is 0 Å². The third-order valence-electron chi connectivity index (χ3n) is 2.93. The van der Waals surface area contributed by atoms with Crippen molar-refractivity contribution in [3.63, 3.8) is 0 Å². The molecule has 0 saturated heterocycles. The fourth-order valence-electron chi connectivity index (χ4n) is 2.07. The summed E-state index contributed by atoms with van der Waals surface area (Å²) in [6.45, 7) is 3.17. The van der Waals surface area contributed by atoms with Crippen molar-refractivity contribution in [3.05, 3.63) is 29.8 Å². The molecule has 0 aromatic heterocycles. The van der Waals surface area contributed by atoms with Crippen LogP contribution in [0.2, 0.25) is 0 Å². The molecule has 0 bridgehead atoms. The first-order valence-corrected chi connectivity index (χ1v) is 6.05. The number of rotatable bonds is 3. The van der Waals surface area contributed by atoms with Crippen molar-refractivity contribution in [2.24, 2.45) is 0 Å². The lowest BCUT2D eigenvalue weighted by Gasteiger charge is -2.23. The number of hydrogen-bond donors (Lipinski definition) is 2. The van der Waals surface area contributed by atoms with E-state index in [9.17, 15) is 4.79 Å². The second-order valence-electron chi connectivity index (χ2n) is 4.21. The standard InChI is InChI=1S/C14H17N3O/c1-2-7-16-14(18)11-17-9-8-15-10-12-5-3-4-6-13(12)17/h1,3-6,15H,7-11H2,(H,16,18). The smallest absolute Gasteiger partial charge is 0.240 e. The highest BCUT2D eigenvalue weighted by Gasteiger charge is 2.16. The number of terminal acetylenes is 1. The molecule has 1 amide bonds. The van der Waals surface area contributed by atoms with Gasteiger partial charge >= 0.3 is 0 Å². The summed E-state index contributed by atoms with van der Waals surface area (Å²) in [5.41, 5.74) is 2.35. The molecule has 4 nitrogen and oxygen atoms in total. The number of fused-ring (bicyclic) bond motifs is 1. The molecule has 0 aliphatic carbocycles. The van der Waals surface area contributed by atoms with E-state index in [4.69, 9.17) is 6.42 Å². The molecule has 0 radical (unpaired) electrons. The molecule has 4 heteroatoms. The highest BCUT2D eigenvalue weighted by atomic mass is 16.2. The number of nitrogens with one attached hydrogen (secondary N) is 2. The second-order valence-corrected chi connectivity index (χ2v) is 4.21. The SMILES string of the molecule is C#CCNC(=O)CN1CCNCc2ccccc21. The van der Waals surface area contributed by atoms with E-state index in [1.807, 2.05) is 12.1 Å². The molecule has 1 aliphatic rings. The third kappa shape index (κ3) is 3.02. The van der Waals surface area contributed by atoms with E-state index in [1.54, 1.807) is 0 Å². The van der Waals surface area contributed by atoms with Crippen molar-refractivity contribution in [1.82, 2.24) is 10.6 Å². The van der Waals surface area contributed by atoms with Crippen LogP contribution in [0.4, 0.5) is 5.69 Å². The van der Waals surface area contributed by atoms with E-state index in [2.05, 4.69) is 33.6 Å². The van der Waals surface area contributed by atoms with Gasteiger partial charge in [0.1, 0.15) is 0 Å². The number of benzene rings is 1. The van der Waals surface area contributed by atoms with Crippen LogP contribution in [0.25, 0.3) is 0 Å². The van der Waals surface area contributed by atoms with Crippen LogP contribution >= 0.6 is 0 Å². The summed E-state index contributed by atoms with van der Waals surface area (Å²) in [4.78, 5) is 13.8. The molecule has 0 saturated carbocycles. The minimum absolute atomic E-state index is 0.0374. The first-order chi connectivity index (χ1) is 8.81. The normalized spacial score (nSPS) is 14.3. The van der Waals surface area contributed by atoms with Crippen molar-refractivity contribution in [2.75, 3.05) is 31.1 Å². The third-order valence-corrected chi connectivity index (χ3v) is 2.93. The van der Waals surface area contributed by atoms with Gasteiger partial charge in [0.05, 0.1) is 13.1 Å². The van der Waals surface area contributed by atoms with Gasteiger partial charge in [-0.15, -0.1) is 6.42 Å². The molecule has 1 heterocycles. The zero-order valence-electron chi connectivity index (χ0n) is 10.3. The number of carbonyl (C=O) groups is 1. The fourth-order valence-corrected chi connectivity index (χ4v) is 2.07. The summed E-state index contributed by atoms with van der Waals surface area (Å²) < 4.78 is 0. The summed E-state index contributed by atoms with van der Waals surface area (Å²) in [7, 11) is 0. The van der Waals surface area contributed by atoms with Crippen molar-refractivity contribution in [1.29, 1.82) is 0 Å². The second kappa shape index (κ2) is 6.08. The predicted octanol–water partition coefficient (Wildman–Crippen LogP) is 0.346. The van der Waals surface area contributed by atoms with Crippen molar-refractivity contribution in [2.45, 2.75) is 6.54 Å². The van der Waals surface area contributed by atoms with Crippen LogP contribution in [-0.4, -0.2) is 32.1 Å². The Morgan fingerprint density at radius 3 is 3.17 bits per heavy atom. The molecule has 2 rings (SSSR count). The van der Waals surface area contributed by atoms with Gasteiger partial charge in [-0.3, -0.25) is 4.79 Å². The van der Waals surface area contributed by atoms with Crippen LogP contribution < -0.4 is 15.5 Å². The number of hydrogen-bond acceptors (Lipinski definition) is 3. The molecule has 1 aliphatic heterocycles. The van der Waals surface area contributed by atoms with Crippen LogP contribution in [0.1, 0.15) is 5.56 Å². The Bertz CT molecular complexity index is 464. The first kappa shape index (κ1) is 12.5. The first-order valence-electron chi connectivity index (χ1n) is 6.05. The van der Waals surface area contributed by atoms with Crippen LogP contribution in [0.5, 0.6) is 0 Å². The maximum absolute atomic E-state index is 11.7. The van der Waals surface area contributed by atoms with Gasteiger partial charge in [0.15, 0.2) is 0 Å². The molecule has 1 aromatic rings. The minimum Gasteiger partial charge on any atom is -0.361 e.